The van der Waals surface area contributed by atoms with Gasteiger partial charge in [-0.25, -0.2) is 0 Å². The van der Waals surface area contributed by atoms with Gasteiger partial charge in [0.05, 0.1) is 0 Å². The van der Waals surface area contributed by atoms with Crippen LogP contribution in [0.25, 0.3) is 0 Å². The minimum absolute atomic E-state index is 0.220. The van der Waals surface area contributed by atoms with Gasteiger partial charge in [0.1, 0.15) is 0 Å². The van der Waals surface area contributed by atoms with E-state index in [0.29, 0.717) is 0 Å². The summed E-state index contributed by atoms with van der Waals surface area (Å²) in [4.78, 5) is 0. The van der Waals surface area contributed by atoms with Gasteiger partial charge in [0.25, 0.3) is 0 Å². The summed E-state index contributed by atoms with van der Waals surface area (Å²) in [6.45, 7) is 5.63. The number of rotatable bonds is 1. The first-order chi connectivity index (χ1) is 3.06. The van der Waals surface area contributed by atoms with Gasteiger partial charge in [0, 0.05) is 0 Å². The molecule has 0 aliphatic heterocycles. The molecule has 0 aliphatic carbocycles. The van der Waals surface area contributed by atoms with Gasteiger partial charge in [0.15, 0.2) is 0 Å². The Labute approximate surface area is 50.9 Å². The Morgan fingerprint density at radius 2 is 1.86 bits per heavy atom. The Morgan fingerprint density at radius 1 is 1.43 bits per heavy atom. The van der Waals surface area contributed by atoms with E-state index in [-0.39, 0.29) is 5.60 Å². The van der Waals surface area contributed by atoms with Crippen LogP contribution in [0.15, 0.2) is 0 Å². The SMILES string of the molecule is CC(C)(C)[O][V]=[O]. The molecule has 42 valence electrons. The maximum absolute atomic E-state index is 9.82. The zero-order chi connectivity index (χ0) is 5.91. The molecule has 0 aromatic heterocycles. The van der Waals surface area contributed by atoms with Gasteiger partial charge in [-0.3, -0.25) is 0 Å². The molecule has 0 unspecified atom stereocenters. The number of hydrogen-bond acceptors (Lipinski definition) is 2. The molecule has 0 radical (unpaired) electrons. The van der Waals surface area contributed by atoms with E-state index in [1.165, 1.54) is 0 Å². The fourth-order valence-electron chi connectivity index (χ4n) is 0.112. The molecule has 0 N–H and O–H groups in total. The molecule has 0 aromatic carbocycles. The molecule has 0 saturated carbocycles. The normalized spacial score (nSPS) is 11.3. The van der Waals surface area contributed by atoms with Crippen LogP contribution >= 0.6 is 0 Å². The molecule has 0 rings (SSSR count). The van der Waals surface area contributed by atoms with Crippen molar-refractivity contribution < 1.29 is 23.9 Å². The average Bonchev–Trinajstić information content (AvgIpc) is 1.30. The molecule has 0 atom stereocenters. The molecule has 0 amide bonds. The van der Waals surface area contributed by atoms with E-state index in [0.717, 1.165) is 0 Å². The third-order valence-corrected chi connectivity index (χ3v) is 1.28. The Kier molecular flexibility index (Phi) is 2.73. The monoisotopic (exact) mass is 140 g/mol. The Morgan fingerprint density at radius 3 is 1.86 bits per heavy atom. The molecule has 0 spiro atoms. The van der Waals surface area contributed by atoms with Crippen molar-refractivity contribution in [2.24, 2.45) is 0 Å². The van der Waals surface area contributed by atoms with Crippen LogP contribution in [0.2, 0.25) is 0 Å². The Balaban J connectivity index is 3.34. The molecule has 7 heavy (non-hydrogen) atoms. The van der Waals surface area contributed by atoms with E-state index in [1.807, 2.05) is 20.8 Å². The maximum atomic E-state index is 9.82. The third-order valence-electron chi connectivity index (χ3n) is 0.311. The second-order valence-electron chi connectivity index (χ2n) is 2.28. The van der Waals surface area contributed by atoms with Crippen LogP contribution in [-0.4, -0.2) is 5.60 Å². The van der Waals surface area contributed by atoms with Crippen molar-refractivity contribution in [2.75, 3.05) is 0 Å². The fourth-order valence-corrected chi connectivity index (χ4v) is 0.461. The second kappa shape index (κ2) is 2.60. The van der Waals surface area contributed by atoms with Crippen LogP contribution in [0.4, 0.5) is 0 Å². The van der Waals surface area contributed by atoms with E-state index >= 15 is 0 Å². The molecule has 3 heteroatoms. The van der Waals surface area contributed by atoms with Crippen molar-refractivity contribution in [1.82, 2.24) is 0 Å². The predicted octanol–water partition coefficient (Wildman–Crippen LogP) is 1.14. The van der Waals surface area contributed by atoms with Crippen molar-refractivity contribution in [3.8, 4) is 0 Å². The van der Waals surface area contributed by atoms with Crippen LogP contribution in [-0.2, 0) is 23.9 Å². The first kappa shape index (κ1) is 7.34. The van der Waals surface area contributed by atoms with E-state index in [2.05, 4.69) is 0 Å². The van der Waals surface area contributed by atoms with Crippen LogP contribution in [0.1, 0.15) is 20.8 Å². The van der Waals surface area contributed by atoms with Crippen LogP contribution in [0.3, 0.4) is 0 Å². The van der Waals surface area contributed by atoms with E-state index < -0.39 is 16.6 Å². The van der Waals surface area contributed by atoms with Crippen molar-refractivity contribution in [1.29, 1.82) is 0 Å². The van der Waals surface area contributed by atoms with Gasteiger partial charge in [-0.2, -0.15) is 0 Å². The first-order valence-electron chi connectivity index (χ1n) is 2.07. The third kappa shape index (κ3) is 6.34. The Hall–Kier alpha value is 0.344. The summed E-state index contributed by atoms with van der Waals surface area (Å²) in [7, 11) is 0. The summed E-state index contributed by atoms with van der Waals surface area (Å²) in [6, 6.07) is 0. The molecular formula is C4H9O2V. The minimum atomic E-state index is -1.12. The molecule has 0 aromatic rings. The summed E-state index contributed by atoms with van der Waals surface area (Å²) in [5.41, 5.74) is -0.220. The molecule has 0 fully saturated rings. The summed E-state index contributed by atoms with van der Waals surface area (Å²) in [6.07, 6.45) is 0. The zero-order valence-corrected chi connectivity index (χ0v) is 6.16. The molecule has 0 aliphatic rings. The van der Waals surface area contributed by atoms with E-state index in [1.54, 1.807) is 0 Å². The molecule has 2 nitrogen and oxygen atoms in total. The van der Waals surface area contributed by atoms with Crippen molar-refractivity contribution >= 4 is 0 Å². The predicted molar refractivity (Wildman–Crippen MR) is 21.5 cm³/mol. The van der Waals surface area contributed by atoms with Gasteiger partial charge >= 0.3 is 50.3 Å². The summed E-state index contributed by atoms with van der Waals surface area (Å²) in [5.74, 6) is 0. The topological polar surface area (TPSA) is 26.3 Å². The number of hydrogen-bond donors (Lipinski definition) is 0. The van der Waals surface area contributed by atoms with Crippen LogP contribution in [0.5, 0.6) is 0 Å². The van der Waals surface area contributed by atoms with Crippen LogP contribution in [0, 0.1) is 0 Å². The summed E-state index contributed by atoms with van der Waals surface area (Å²) in [5, 5.41) is 0. The molecular weight excluding hydrogens is 131 g/mol. The van der Waals surface area contributed by atoms with E-state index in [4.69, 9.17) is 3.66 Å². The second-order valence-corrected chi connectivity index (χ2v) is 2.80. The van der Waals surface area contributed by atoms with Crippen molar-refractivity contribution in [3.05, 3.63) is 0 Å². The van der Waals surface area contributed by atoms with Crippen molar-refractivity contribution in [2.45, 2.75) is 26.4 Å². The van der Waals surface area contributed by atoms with Crippen LogP contribution < -0.4 is 0 Å². The van der Waals surface area contributed by atoms with Gasteiger partial charge in [-0.05, 0) is 0 Å². The summed E-state index contributed by atoms with van der Waals surface area (Å²) < 4.78 is 14.6. The van der Waals surface area contributed by atoms with Gasteiger partial charge < -0.3 is 0 Å². The van der Waals surface area contributed by atoms with Gasteiger partial charge in [-0.15, -0.1) is 0 Å². The van der Waals surface area contributed by atoms with Gasteiger partial charge in [0.2, 0.25) is 0 Å². The Bertz CT molecular complexity index is 64.6. The first-order valence-corrected chi connectivity index (χ1v) is 3.21. The van der Waals surface area contributed by atoms with Crippen molar-refractivity contribution in [3.63, 3.8) is 0 Å². The van der Waals surface area contributed by atoms with E-state index in [9.17, 15) is 3.67 Å². The molecule has 0 heterocycles. The average molecular weight is 140 g/mol. The van der Waals surface area contributed by atoms with Gasteiger partial charge in [-0.1, -0.05) is 0 Å². The zero-order valence-electron chi connectivity index (χ0n) is 4.76. The molecule has 0 bridgehead atoms. The fraction of sp³-hybridized carbons (Fsp3) is 1.00. The summed E-state index contributed by atoms with van der Waals surface area (Å²) >= 11 is -1.12. The molecule has 0 saturated heterocycles. The quantitative estimate of drug-likeness (QED) is 0.546. The standard InChI is InChI=1S/C4H9O.O.V/c1-4(2,3)5;;/h1-3H3;;/q-1;;+1.